The van der Waals surface area contributed by atoms with E-state index in [0.717, 1.165) is 13.0 Å². The summed E-state index contributed by atoms with van der Waals surface area (Å²) in [5.41, 5.74) is 1.47. The molecule has 1 aliphatic carbocycles. The van der Waals surface area contributed by atoms with Gasteiger partial charge in [-0.25, -0.2) is 0 Å². The molecule has 0 N–H and O–H groups in total. The van der Waals surface area contributed by atoms with Crippen molar-refractivity contribution >= 4 is 8.32 Å². The number of rotatable bonds is 7. The highest BCUT2D eigenvalue weighted by Gasteiger charge is 2.37. The third-order valence-electron chi connectivity index (χ3n) is 5.98. The van der Waals surface area contributed by atoms with E-state index in [2.05, 4.69) is 59.5 Å². The van der Waals surface area contributed by atoms with E-state index in [-0.39, 0.29) is 5.04 Å². The molecule has 2 nitrogen and oxygen atoms in total. The lowest BCUT2D eigenvalue weighted by Crippen LogP contribution is -2.40. The highest BCUT2D eigenvalue weighted by Crippen LogP contribution is 2.39. The van der Waals surface area contributed by atoms with Gasteiger partial charge in [-0.05, 0) is 56.2 Å². The van der Waals surface area contributed by atoms with Crippen LogP contribution in [0.3, 0.4) is 0 Å². The molecule has 23 heavy (non-hydrogen) atoms. The lowest BCUT2D eigenvalue weighted by Gasteiger charge is -2.38. The average molecular weight is 339 g/mol. The Morgan fingerprint density at radius 2 is 1.91 bits per heavy atom. The number of allylic oxidation sites excluding steroid dienone is 2. The summed E-state index contributed by atoms with van der Waals surface area (Å²) in [5, 5.41) is 0.270. The predicted octanol–water partition coefficient (Wildman–Crippen LogP) is 5.96. The maximum absolute atomic E-state index is 6.31. The lowest BCUT2D eigenvalue weighted by molar-refractivity contribution is 0.00508. The van der Waals surface area contributed by atoms with Crippen molar-refractivity contribution in [2.24, 2.45) is 11.8 Å². The minimum Gasteiger partial charge on any atom is -0.413 e. The van der Waals surface area contributed by atoms with Gasteiger partial charge in [0.05, 0.1) is 12.7 Å². The molecule has 0 radical (unpaired) electrons. The zero-order valence-electron chi connectivity index (χ0n) is 16.4. The third-order valence-corrected chi connectivity index (χ3v) is 10.5. The van der Waals surface area contributed by atoms with Crippen LogP contribution >= 0.6 is 0 Å². The second kappa shape index (κ2) is 8.64. The van der Waals surface area contributed by atoms with E-state index in [9.17, 15) is 0 Å². The maximum Gasteiger partial charge on any atom is 0.192 e. The average Bonchev–Trinajstić information content (AvgIpc) is 2.46. The summed E-state index contributed by atoms with van der Waals surface area (Å²) in [6.45, 7) is 18.5. The summed E-state index contributed by atoms with van der Waals surface area (Å²) in [4.78, 5) is 0. The number of hydrogen-bond donors (Lipinski definition) is 0. The summed E-state index contributed by atoms with van der Waals surface area (Å²) < 4.78 is 12.1. The molecule has 0 aliphatic heterocycles. The van der Waals surface area contributed by atoms with Crippen LogP contribution < -0.4 is 0 Å². The molecule has 0 heterocycles. The van der Waals surface area contributed by atoms with Crippen LogP contribution in [0.15, 0.2) is 24.3 Å². The van der Waals surface area contributed by atoms with Gasteiger partial charge >= 0.3 is 0 Å². The molecule has 1 fully saturated rings. The molecule has 1 aliphatic rings. The van der Waals surface area contributed by atoms with Crippen molar-refractivity contribution in [3.8, 4) is 0 Å². The monoisotopic (exact) mass is 338 g/mol. The summed E-state index contributed by atoms with van der Waals surface area (Å²) >= 11 is 0. The van der Waals surface area contributed by atoms with E-state index in [1.54, 1.807) is 0 Å². The normalized spacial score (nSPS) is 27.1. The molecule has 0 aromatic heterocycles. The molecule has 0 saturated heterocycles. The zero-order chi connectivity index (χ0) is 17.7. The van der Waals surface area contributed by atoms with Gasteiger partial charge in [-0.1, -0.05) is 44.9 Å². The maximum atomic E-state index is 6.31. The topological polar surface area (TPSA) is 18.5 Å². The Kier molecular flexibility index (Phi) is 7.76. The highest BCUT2D eigenvalue weighted by molar-refractivity contribution is 6.74. The molecule has 3 heteroatoms. The first-order valence-corrected chi connectivity index (χ1v) is 12.0. The Hall–Kier alpha value is -0.383. The standard InChI is InChI=1S/C20H38O2Si/c1-9-11-18-17(12-10-13-19(18)21-6)16(2)14-15-22-23(7,8)20(3,4)5/h9,14,17-19H,1,10-13,15H2,2-8H3/b16-14+/t17-,18-,19+/m0/s1. The fraction of sp³-hybridized carbons (Fsp3) is 0.800. The second-order valence-corrected chi connectivity index (χ2v) is 13.3. The molecule has 0 bridgehead atoms. The first kappa shape index (κ1) is 20.7. The highest BCUT2D eigenvalue weighted by atomic mass is 28.4. The van der Waals surface area contributed by atoms with Crippen LogP contribution in [-0.2, 0) is 9.16 Å². The van der Waals surface area contributed by atoms with Crippen molar-refractivity contribution in [1.82, 2.24) is 0 Å². The van der Waals surface area contributed by atoms with E-state index < -0.39 is 8.32 Å². The first-order chi connectivity index (χ1) is 10.6. The summed E-state index contributed by atoms with van der Waals surface area (Å²) in [7, 11) is 0.191. The molecule has 0 aromatic carbocycles. The Bertz CT molecular complexity index is 406. The van der Waals surface area contributed by atoms with Crippen molar-refractivity contribution < 1.29 is 9.16 Å². The van der Waals surface area contributed by atoms with Crippen molar-refractivity contribution in [3.05, 3.63) is 24.3 Å². The Morgan fingerprint density at radius 1 is 1.26 bits per heavy atom. The molecule has 1 rings (SSSR count). The Morgan fingerprint density at radius 3 is 2.43 bits per heavy atom. The van der Waals surface area contributed by atoms with Crippen LogP contribution in [0.2, 0.25) is 18.1 Å². The van der Waals surface area contributed by atoms with Crippen molar-refractivity contribution in [3.63, 3.8) is 0 Å². The van der Waals surface area contributed by atoms with Crippen LogP contribution in [0.1, 0.15) is 53.4 Å². The van der Waals surface area contributed by atoms with Gasteiger partial charge in [0, 0.05) is 7.11 Å². The molecule has 0 unspecified atom stereocenters. The van der Waals surface area contributed by atoms with Crippen LogP contribution in [0.25, 0.3) is 0 Å². The first-order valence-electron chi connectivity index (χ1n) is 9.08. The molecular formula is C20H38O2Si. The van der Waals surface area contributed by atoms with E-state index in [1.165, 1.54) is 24.8 Å². The van der Waals surface area contributed by atoms with Crippen LogP contribution in [0, 0.1) is 11.8 Å². The van der Waals surface area contributed by atoms with Gasteiger partial charge in [0.15, 0.2) is 8.32 Å². The second-order valence-electron chi connectivity index (χ2n) is 8.52. The summed E-state index contributed by atoms with van der Waals surface area (Å²) in [5.74, 6) is 1.17. The van der Waals surface area contributed by atoms with Gasteiger partial charge in [0.1, 0.15) is 0 Å². The van der Waals surface area contributed by atoms with E-state index in [4.69, 9.17) is 9.16 Å². The van der Waals surface area contributed by atoms with Crippen molar-refractivity contribution in [2.75, 3.05) is 13.7 Å². The van der Waals surface area contributed by atoms with E-state index >= 15 is 0 Å². The largest absolute Gasteiger partial charge is 0.413 e. The summed E-state index contributed by atoms with van der Waals surface area (Å²) in [6.07, 6.45) is 9.48. The van der Waals surface area contributed by atoms with Gasteiger partial charge < -0.3 is 9.16 Å². The Labute approximate surface area is 145 Å². The number of hydrogen-bond acceptors (Lipinski definition) is 2. The summed E-state index contributed by atoms with van der Waals surface area (Å²) in [6, 6.07) is 0. The van der Waals surface area contributed by atoms with Crippen LogP contribution in [-0.4, -0.2) is 28.1 Å². The fourth-order valence-corrected chi connectivity index (χ4v) is 4.28. The van der Waals surface area contributed by atoms with E-state index in [1.807, 2.05) is 7.11 Å². The predicted molar refractivity (Wildman–Crippen MR) is 103 cm³/mol. The quantitative estimate of drug-likeness (QED) is 0.421. The number of ether oxygens (including phenoxy) is 1. The smallest absolute Gasteiger partial charge is 0.192 e. The van der Waals surface area contributed by atoms with E-state index in [0.29, 0.717) is 17.9 Å². The molecular weight excluding hydrogens is 300 g/mol. The SMILES string of the molecule is C=CC[C@@H]1[C@H](OC)CCC[C@H]1/C(C)=C/CO[Si](C)(C)C(C)(C)C. The Balaban J connectivity index is 2.73. The third kappa shape index (κ3) is 5.58. The molecule has 1 saturated carbocycles. The van der Waals surface area contributed by atoms with Gasteiger partial charge in [-0.2, -0.15) is 0 Å². The molecule has 134 valence electrons. The van der Waals surface area contributed by atoms with Crippen LogP contribution in [0.5, 0.6) is 0 Å². The van der Waals surface area contributed by atoms with Gasteiger partial charge in [-0.15, -0.1) is 6.58 Å². The van der Waals surface area contributed by atoms with Gasteiger partial charge in [0.25, 0.3) is 0 Å². The molecule has 0 aromatic rings. The lowest BCUT2D eigenvalue weighted by atomic mass is 9.72. The molecule has 0 spiro atoms. The van der Waals surface area contributed by atoms with Crippen molar-refractivity contribution in [2.45, 2.75) is 77.6 Å². The minimum absolute atomic E-state index is 0.270. The van der Waals surface area contributed by atoms with Crippen molar-refractivity contribution in [1.29, 1.82) is 0 Å². The zero-order valence-corrected chi connectivity index (χ0v) is 17.4. The molecule has 0 amide bonds. The minimum atomic E-state index is -1.66. The van der Waals surface area contributed by atoms with Gasteiger partial charge in [0.2, 0.25) is 0 Å². The van der Waals surface area contributed by atoms with Crippen LogP contribution in [0.4, 0.5) is 0 Å². The molecule has 3 atom stereocenters. The fourth-order valence-electron chi connectivity index (χ4n) is 3.34. The number of methoxy groups -OCH3 is 1. The van der Waals surface area contributed by atoms with Gasteiger partial charge in [-0.3, -0.25) is 0 Å².